The minimum Gasteiger partial charge on any atom is -0.366 e. The summed E-state index contributed by atoms with van der Waals surface area (Å²) in [5.41, 5.74) is 7.92. The zero-order valence-corrected chi connectivity index (χ0v) is 8.73. The molecule has 78 valence electrons. The summed E-state index contributed by atoms with van der Waals surface area (Å²) in [6.07, 6.45) is 5.10. The van der Waals surface area contributed by atoms with Crippen LogP contribution in [0.25, 0.3) is 0 Å². The van der Waals surface area contributed by atoms with Gasteiger partial charge >= 0.3 is 0 Å². The molecular formula is C12H14N2O. The number of amides is 1. The Kier molecular flexibility index (Phi) is 2.46. The van der Waals surface area contributed by atoms with Crippen molar-refractivity contribution in [2.75, 3.05) is 11.4 Å². The third-order valence-corrected chi connectivity index (χ3v) is 2.55. The number of carbonyl (C=O) groups excluding carboxylic acids is 1. The highest BCUT2D eigenvalue weighted by Gasteiger charge is 2.14. The lowest BCUT2D eigenvalue weighted by Gasteiger charge is -2.18. The van der Waals surface area contributed by atoms with Crippen LogP contribution in [0.3, 0.4) is 0 Å². The molecule has 0 radical (unpaired) electrons. The van der Waals surface area contributed by atoms with Crippen LogP contribution in [0.5, 0.6) is 0 Å². The maximum atomic E-state index is 11.3. The van der Waals surface area contributed by atoms with Gasteiger partial charge in [0.1, 0.15) is 0 Å². The minimum absolute atomic E-state index is 0.367. The van der Waals surface area contributed by atoms with Gasteiger partial charge in [-0.25, -0.2) is 0 Å². The van der Waals surface area contributed by atoms with Crippen LogP contribution in [0.2, 0.25) is 0 Å². The van der Waals surface area contributed by atoms with Crippen LogP contribution in [-0.4, -0.2) is 12.5 Å². The predicted octanol–water partition coefficient (Wildman–Crippen LogP) is 1.82. The SMILES string of the molecule is Cc1ccc(N2C=CCC2)c(C(N)=O)c1. The largest absolute Gasteiger partial charge is 0.366 e. The first kappa shape index (κ1) is 9.77. The molecule has 0 fully saturated rings. The molecule has 1 aliphatic rings. The molecule has 3 nitrogen and oxygen atoms in total. The van der Waals surface area contributed by atoms with E-state index in [1.54, 1.807) is 0 Å². The molecule has 0 saturated heterocycles. The van der Waals surface area contributed by atoms with Crippen molar-refractivity contribution < 1.29 is 4.79 Å². The van der Waals surface area contributed by atoms with Crippen LogP contribution < -0.4 is 10.6 Å². The predicted molar refractivity (Wildman–Crippen MR) is 60.8 cm³/mol. The van der Waals surface area contributed by atoms with E-state index in [-0.39, 0.29) is 5.91 Å². The van der Waals surface area contributed by atoms with E-state index in [9.17, 15) is 4.79 Å². The number of aryl methyl sites for hydroxylation is 1. The number of nitrogens with two attached hydrogens (primary N) is 1. The average molecular weight is 202 g/mol. The lowest BCUT2D eigenvalue weighted by atomic mass is 10.1. The number of anilines is 1. The number of primary amides is 1. The Hall–Kier alpha value is -1.77. The molecule has 15 heavy (non-hydrogen) atoms. The van der Waals surface area contributed by atoms with Crippen LogP contribution in [-0.2, 0) is 0 Å². The van der Waals surface area contributed by atoms with E-state index in [1.807, 2.05) is 31.3 Å². The van der Waals surface area contributed by atoms with E-state index in [0.717, 1.165) is 24.2 Å². The second-order valence-corrected chi connectivity index (χ2v) is 3.75. The highest BCUT2D eigenvalue weighted by molar-refractivity contribution is 5.99. The number of hydrogen-bond donors (Lipinski definition) is 1. The van der Waals surface area contributed by atoms with E-state index >= 15 is 0 Å². The van der Waals surface area contributed by atoms with Gasteiger partial charge in [-0.15, -0.1) is 0 Å². The van der Waals surface area contributed by atoms with Gasteiger partial charge in [0.2, 0.25) is 0 Å². The Labute approximate surface area is 89.2 Å². The van der Waals surface area contributed by atoms with Crippen molar-refractivity contribution in [3.63, 3.8) is 0 Å². The number of carbonyl (C=O) groups is 1. The number of benzene rings is 1. The zero-order chi connectivity index (χ0) is 10.8. The first-order chi connectivity index (χ1) is 7.18. The van der Waals surface area contributed by atoms with Crippen molar-refractivity contribution in [3.8, 4) is 0 Å². The van der Waals surface area contributed by atoms with Gasteiger partial charge in [0, 0.05) is 12.7 Å². The quantitative estimate of drug-likeness (QED) is 0.795. The zero-order valence-electron chi connectivity index (χ0n) is 8.73. The van der Waals surface area contributed by atoms with Gasteiger partial charge < -0.3 is 10.6 Å². The monoisotopic (exact) mass is 202 g/mol. The van der Waals surface area contributed by atoms with Crippen molar-refractivity contribution in [3.05, 3.63) is 41.6 Å². The summed E-state index contributed by atoms with van der Waals surface area (Å²) in [5, 5.41) is 0. The summed E-state index contributed by atoms with van der Waals surface area (Å²) in [6.45, 7) is 2.87. The fourth-order valence-electron chi connectivity index (χ4n) is 1.79. The first-order valence-corrected chi connectivity index (χ1v) is 5.02. The fourth-order valence-corrected chi connectivity index (χ4v) is 1.79. The molecule has 2 N–H and O–H groups in total. The van der Waals surface area contributed by atoms with Crippen molar-refractivity contribution in [2.45, 2.75) is 13.3 Å². The maximum absolute atomic E-state index is 11.3. The molecule has 0 spiro atoms. The first-order valence-electron chi connectivity index (χ1n) is 5.02. The Bertz CT molecular complexity index is 424. The van der Waals surface area contributed by atoms with E-state index in [0.29, 0.717) is 5.56 Å². The van der Waals surface area contributed by atoms with Crippen molar-refractivity contribution in [2.24, 2.45) is 5.73 Å². The van der Waals surface area contributed by atoms with Gasteiger partial charge in [-0.3, -0.25) is 4.79 Å². The molecule has 2 rings (SSSR count). The second kappa shape index (κ2) is 3.77. The second-order valence-electron chi connectivity index (χ2n) is 3.75. The van der Waals surface area contributed by atoms with Crippen molar-refractivity contribution >= 4 is 11.6 Å². The molecule has 1 heterocycles. The molecule has 1 aromatic carbocycles. The van der Waals surface area contributed by atoms with Crippen LogP contribution in [0.15, 0.2) is 30.5 Å². The summed E-state index contributed by atoms with van der Waals surface area (Å²) in [6, 6.07) is 5.78. The Morgan fingerprint density at radius 1 is 1.47 bits per heavy atom. The molecule has 0 saturated carbocycles. The average Bonchev–Trinajstić information content (AvgIpc) is 2.70. The normalized spacial score (nSPS) is 14.6. The van der Waals surface area contributed by atoms with Crippen LogP contribution >= 0.6 is 0 Å². The van der Waals surface area contributed by atoms with Gasteiger partial charge in [-0.1, -0.05) is 17.7 Å². The summed E-state index contributed by atoms with van der Waals surface area (Å²) in [5.74, 6) is -0.367. The Morgan fingerprint density at radius 3 is 2.87 bits per heavy atom. The number of nitrogens with zero attached hydrogens (tertiary/aromatic N) is 1. The van der Waals surface area contributed by atoms with Crippen molar-refractivity contribution in [1.82, 2.24) is 0 Å². The molecule has 1 aromatic rings. The van der Waals surface area contributed by atoms with Crippen LogP contribution in [0, 0.1) is 6.92 Å². The minimum atomic E-state index is -0.367. The van der Waals surface area contributed by atoms with E-state index < -0.39 is 0 Å². The third-order valence-electron chi connectivity index (χ3n) is 2.55. The summed E-state index contributed by atoms with van der Waals surface area (Å²) < 4.78 is 0. The molecule has 0 bridgehead atoms. The molecule has 3 heteroatoms. The Morgan fingerprint density at radius 2 is 2.27 bits per heavy atom. The smallest absolute Gasteiger partial charge is 0.250 e. The third kappa shape index (κ3) is 1.86. The van der Waals surface area contributed by atoms with Crippen molar-refractivity contribution in [1.29, 1.82) is 0 Å². The molecule has 1 amide bonds. The highest BCUT2D eigenvalue weighted by atomic mass is 16.1. The summed E-state index contributed by atoms with van der Waals surface area (Å²) in [7, 11) is 0. The summed E-state index contributed by atoms with van der Waals surface area (Å²) >= 11 is 0. The maximum Gasteiger partial charge on any atom is 0.250 e. The standard InChI is InChI=1S/C12H14N2O/c1-9-4-5-11(10(8-9)12(13)15)14-6-2-3-7-14/h2,4-6,8H,3,7H2,1H3,(H2,13,15). The lowest BCUT2D eigenvalue weighted by Crippen LogP contribution is -2.20. The lowest BCUT2D eigenvalue weighted by molar-refractivity contribution is 0.100. The van der Waals surface area contributed by atoms with Gasteiger partial charge in [0.15, 0.2) is 0 Å². The van der Waals surface area contributed by atoms with Gasteiger partial charge in [0.25, 0.3) is 5.91 Å². The fraction of sp³-hybridized carbons (Fsp3) is 0.250. The van der Waals surface area contributed by atoms with Gasteiger partial charge in [-0.05, 0) is 25.5 Å². The molecule has 1 aliphatic heterocycles. The molecule has 0 aliphatic carbocycles. The Balaban J connectivity index is 2.45. The van der Waals surface area contributed by atoms with E-state index in [2.05, 4.69) is 11.0 Å². The number of rotatable bonds is 2. The van der Waals surface area contributed by atoms with Gasteiger partial charge in [0.05, 0.1) is 11.3 Å². The molecule has 0 unspecified atom stereocenters. The molecule has 0 atom stereocenters. The van der Waals surface area contributed by atoms with E-state index in [4.69, 9.17) is 5.73 Å². The molecule has 0 aromatic heterocycles. The van der Waals surface area contributed by atoms with Crippen LogP contribution in [0.1, 0.15) is 22.3 Å². The van der Waals surface area contributed by atoms with E-state index in [1.165, 1.54) is 0 Å². The molecular weight excluding hydrogens is 188 g/mol. The number of hydrogen-bond acceptors (Lipinski definition) is 2. The highest BCUT2D eigenvalue weighted by Crippen LogP contribution is 2.24. The summed E-state index contributed by atoms with van der Waals surface area (Å²) in [4.78, 5) is 13.4. The topological polar surface area (TPSA) is 46.3 Å². The van der Waals surface area contributed by atoms with Gasteiger partial charge in [-0.2, -0.15) is 0 Å². The van der Waals surface area contributed by atoms with Crippen LogP contribution in [0.4, 0.5) is 5.69 Å².